The number of nitrogens with one attached hydrogen (secondary N) is 2. The van der Waals surface area contributed by atoms with E-state index in [1.807, 2.05) is 17.7 Å². The van der Waals surface area contributed by atoms with E-state index in [1.165, 1.54) is 22.7 Å². The number of sulfonamides is 1. The Hall–Kier alpha value is -0.800. The smallest absolute Gasteiger partial charge is 0.242 e. The molecule has 2 N–H and O–H groups in total. The van der Waals surface area contributed by atoms with E-state index in [2.05, 4.69) is 21.9 Å². The molecule has 0 fully saturated rings. The molecule has 0 unspecified atom stereocenters. The van der Waals surface area contributed by atoms with Gasteiger partial charge < -0.3 is 5.32 Å². The molecular formula is C13H19N3O2S3. The van der Waals surface area contributed by atoms with Gasteiger partial charge in [0.05, 0.1) is 11.4 Å². The van der Waals surface area contributed by atoms with Gasteiger partial charge in [0.25, 0.3) is 0 Å². The van der Waals surface area contributed by atoms with Crippen LogP contribution in [0.15, 0.2) is 21.7 Å². The summed E-state index contributed by atoms with van der Waals surface area (Å²) in [5.41, 5.74) is 0.911. The highest BCUT2D eigenvalue weighted by Gasteiger charge is 2.19. The molecule has 21 heavy (non-hydrogen) atoms. The first-order chi connectivity index (χ1) is 10.0. The minimum atomic E-state index is -3.49. The molecule has 0 atom stereocenters. The lowest BCUT2D eigenvalue weighted by Crippen LogP contribution is -2.24. The molecule has 0 bridgehead atoms. The highest BCUT2D eigenvalue weighted by Crippen LogP contribution is 2.22. The van der Waals surface area contributed by atoms with Crippen molar-refractivity contribution >= 4 is 32.7 Å². The summed E-state index contributed by atoms with van der Waals surface area (Å²) in [5.74, 6) is 0. The first-order valence-corrected chi connectivity index (χ1v) is 9.95. The van der Waals surface area contributed by atoms with E-state index in [0.29, 0.717) is 11.4 Å². The molecule has 0 aliphatic carbocycles. The second-order valence-electron chi connectivity index (χ2n) is 4.59. The van der Waals surface area contributed by atoms with Gasteiger partial charge in [-0.1, -0.05) is 6.92 Å². The summed E-state index contributed by atoms with van der Waals surface area (Å²) < 4.78 is 27.4. The molecule has 116 valence electrons. The quantitative estimate of drug-likeness (QED) is 0.721. The van der Waals surface area contributed by atoms with Crippen LogP contribution >= 0.6 is 22.7 Å². The minimum absolute atomic E-state index is 0.235. The van der Waals surface area contributed by atoms with Gasteiger partial charge in [0.1, 0.15) is 5.01 Å². The summed E-state index contributed by atoms with van der Waals surface area (Å²) in [7, 11) is -3.49. The third kappa shape index (κ3) is 4.58. The number of thiazole rings is 1. The predicted molar refractivity (Wildman–Crippen MR) is 87.2 cm³/mol. The number of hydrogen-bond acceptors (Lipinski definition) is 6. The van der Waals surface area contributed by atoms with Gasteiger partial charge in [0.2, 0.25) is 10.0 Å². The van der Waals surface area contributed by atoms with E-state index >= 15 is 0 Å². The van der Waals surface area contributed by atoms with Crippen LogP contribution in [0.25, 0.3) is 0 Å². The molecular weight excluding hydrogens is 326 g/mol. The van der Waals surface area contributed by atoms with Crippen molar-refractivity contribution < 1.29 is 8.42 Å². The summed E-state index contributed by atoms with van der Waals surface area (Å²) in [5, 5.41) is 7.73. The van der Waals surface area contributed by atoms with Gasteiger partial charge in [-0.3, -0.25) is 0 Å². The highest BCUT2D eigenvalue weighted by molar-refractivity contribution is 7.89. The van der Waals surface area contributed by atoms with Crippen LogP contribution in [-0.4, -0.2) is 19.9 Å². The summed E-state index contributed by atoms with van der Waals surface area (Å²) in [6, 6.07) is 1.66. The van der Waals surface area contributed by atoms with Gasteiger partial charge in [-0.05, 0) is 31.3 Å². The predicted octanol–water partition coefficient (Wildman–Crippen LogP) is 2.49. The minimum Gasteiger partial charge on any atom is -0.312 e. The standard InChI is InChI=1S/C13H19N3O2S3/c1-3-5-14-7-11-12(4-6-19-11)21(17,18)15-8-13-16-10(2)9-20-13/h4,6,9,14-15H,3,5,7-8H2,1-2H3. The Labute approximate surface area is 133 Å². The van der Waals surface area contributed by atoms with Crippen LogP contribution < -0.4 is 10.0 Å². The Morgan fingerprint density at radius 2 is 2.10 bits per heavy atom. The van der Waals surface area contributed by atoms with E-state index < -0.39 is 10.0 Å². The first kappa shape index (κ1) is 16.6. The van der Waals surface area contributed by atoms with Gasteiger partial charge in [-0.2, -0.15) is 0 Å². The molecule has 2 heterocycles. The van der Waals surface area contributed by atoms with Crippen LogP contribution in [0.4, 0.5) is 0 Å². The average molecular weight is 346 g/mol. The lowest BCUT2D eigenvalue weighted by atomic mass is 10.4. The molecule has 0 aliphatic heterocycles. The van der Waals surface area contributed by atoms with Crippen molar-refractivity contribution in [2.24, 2.45) is 0 Å². The monoisotopic (exact) mass is 345 g/mol. The third-order valence-electron chi connectivity index (χ3n) is 2.79. The van der Waals surface area contributed by atoms with E-state index in [-0.39, 0.29) is 6.54 Å². The van der Waals surface area contributed by atoms with E-state index in [4.69, 9.17) is 0 Å². The van der Waals surface area contributed by atoms with Gasteiger partial charge in [0, 0.05) is 22.5 Å². The maximum atomic E-state index is 12.4. The molecule has 2 rings (SSSR count). The lowest BCUT2D eigenvalue weighted by Gasteiger charge is -2.07. The molecule has 2 aromatic rings. The maximum absolute atomic E-state index is 12.4. The zero-order chi connectivity index (χ0) is 15.3. The molecule has 5 nitrogen and oxygen atoms in total. The number of aryl methyl sites for hydroxylation is 1. The van der Waals surface area contributed by atoms with Crippen LogP contribution in [0.1, 0.15) is 28.9 Å². The van der Waals surface area contributed by atoms with Crippen molar-refractivity contribution in [1.82, 2.24) is 15.0 Å². The summed E-state index contributed by atoms with van der Waals surface area (Å²) >= 11 is 2.92. The second kappa shape index (κ2) is 7.46. The van der Waals surface area contributed by atoms with Crippen LogP contribution in [0.5, 0.6) is 0 Å². The van der Waals surface area contributed by atoms with E-state index in [0.717, 1.165) is 28.5 Å². The molecule has 0 radical (unpaired) electrons. The lowest BCUT2D eigenvalue weighted by molar-refractivity contribution is 0.579. The number of rotatable bonds is 8. The Kier molecular flexibility index (Phi) is 5.88. The van der Waals surface area contributed by atoms with Gasteiger partial charge in [-0.25, -0.2) is 18.1 Å². The summed E-state index contributed by atoms with van der Waals surface area (Å²) in [6.45, 7) is 5.67. The molecule has 0 spiro atoms. The number of aromatic nitrogens is 1. The normalized spacial score (nSPS) is 11.9. The van der Waals surface area contributed by atoms with Crippen LogP contribution in [0.3, 0.4) is 0 Å². The molecule has 0 saturated heterocycles. The molecule has 0 aromatic carbocycles. The second-order valence-corrected chi connectivity index (χ2v) is 8.27. The van der Waals surface area contributed by atoms with Crippen molar-refractivity contribution in [2.45, 2.75) is 38.3 Å². The summed E-state index contributed by atoms with van der Waals surface area (Å²) in [4.78, 5) is 5.46. The fourth-order valence-electron chi connectivity index (χ4n) is 1.79. The van der Waals surface area contributed by atoms with Crippen LogP contribution in [0, 0.1) is 6.92 Å². The Bertz CT molecular complexity index is 676. The first-order valence-electron chi connectivity index (χ1n) is 6.70. The Balaban J connectivity index is 2.03. The van der Waals surface area contributed by atoms with Crippen molar-refractivity contribution in [3.63, 3.8) is 0 Å². The average Bonchev–Trinajstić information content (AvgIpc) is 3.06. The van der Waals surface area contributed by atoms with Gasteiger partial charge >= 0.3 is 0 Å². The van der Waals surface area contributed by atoms with Gasteiger partial charge in [0.15, 0.2) is 0 Å². The Morgan fingerprint density at radius 3 is 2.76 bits per heavy atom. The Morgan fingerprint density at radius 1 is 1.29 bits per heavy atom. The molecule has 0 amide bonds. The fourth-order valence-corrected chi connectivity index (χ4v) is 5.00. The maximum Gasteiger partial charge on any atom is 0.242 e. The van der Waals surface area contributed by atoms with Crippen molar-refractivity contribution in [2.75, 3.05) is 6.54 Å². The fraction of sp³-hybridized carbons (Fsp3) is 0.462. The van der Waals surface area contributed by atoms with Crippen LogP contribution in [0.2, 0.25) is 0 Å². The molecule has 0 saturated carbocycles. The van der Waals surface area contributed by atoms with Crippen molar-refractivity contribution in [3.8, 4) is 0 Å². The molecule has 2 aromatic heterocycles. The summed E-state index contributed by atoms with van der Waals surface area (Å²) in [6.07, 6.45) is 1.02. The zero-order valence-electron chi connectivity index (χ0n) is 12.0. The SMILES string of the molecule is CCCNCc1sccc1S(=O)(=O)NCc1nc(C)cs1. The zero-order valence-corrected chi connectivity index (χ0v) is 14.5. The van der Waals surface area contributed by atoms with E-state index in [1.54, 1.807) is 6.07 Å². The number of nitrogens with zero attached hydrogens (tertiary/aromatic N) is 1. The van der Waals surface area contributed by atoms with Crippen LogP contribution in [-0.2, 0) is 23.1 Å². The number of hydrogen-bond donors (Lipinski definition) is 2. The largest absolute Gasteiger partial charge is 0.312 e. The molecule has 0 aliphatic rings. The van der Waals surface area contributed by atoms with E-state index in [9.17, 15) is 8.42 Å². The topological polar surface area (TPSA) is 71.1 Å². The van der Waals surface area contributed by atoms with Crippen molar-refractivity contribution in [3.05, 3.63) is 32.4 Å². The third-order valence-corrected chi connectivity index (χ3v) is 6.29. The molecule has 8 heteroatoms. The van der Waals surface area contributed by atoms with Crippen molar-refractivity contribution in [1.29, 1.82) is 0 Å². The van der Waals surface area contributed by atoms with Gasteiger partial charge in [-0.15, -0.1) is 22.7 Å². The number of thiophene rings is 1. The highest BCUT2D eigenvalue weighted by atomic mass is 32.2.